The van der Waals surface area contributed by atoms with Gasteiger partial charge in [0.1, 0.15) is 5.82 Å². The molecule has 0 heterocycles. The molecule has 0 bridgehead atoms. The van der Waals surface area contributed by atoms with E-state index in [1.54, 1.807) is 6.07 Å². The summed E-state index contributed by atoms with van der Waals surface area (Å²) in [6.45, 7) is 7.17. The third kappa shape index (κ3) is 3.58. The molecule has 106 valence electrons. The fourth-order valence-electron chi connectivity index (χ4n) is 2.52. The zero-order valence-corrected chi connectivity index (χ0v) is 14.2. The van der Waals surface area contributed by atoms with E-state index in [1.807, 2.05) is 6.07 Å². The molecule has 0 saturated carbocycles. The molecule has 0 aromatic heterocycles. The monoisotopic (exact) mass is 383 g/mol. The first-order valence-corrected chi connectivity index (χ1v) is 7.85. The Morgan fingerprint density at radius 2 is 1.75 bits per heavy atom. The molecule has 0 fully saturated rings. The fraction of sp³-hybridized carbons (Fsp3) is 0.294. The van der Waals surface area contributed by atoms with Crippen molar-refractivity contribution in [1.82, 2.24) is 5.32 Å². The molecule has 20 heavy (non-hydrogen) atoms. The summed E-state index contributed by atoms with van der Waals surface area (Å²) in [7, 11) is 0. The summed E-state index contributed by atoms with van der Waals surface area (Å²) in [5, 5.41) is 3.50. The SMILES string of the molecule is CCNC(c1cc(C)cc(C)c1)c1ccc(F)cc1I. The van der Waals surface area contributed by atoms with Crippen LogP contribution in [0.1, 0.15) is 35.2 Å². The molecule has 0 aliphatic rings. The highest BCUT2D eigenvalue weighted by atomic mass is 127. The summed E-state index contributed by atoms with van der Waals surface area (Å²) >= 11 is 2.21. The zero-order chi connectivity index (χ0) is 14.7. The van der Waals surface area contributed by atoms with Crippen LogP contribution in [0.4, 0.5) is 4.39 Å². The maximum absolute atomic E-state index is 13.3. The minimum absolute atomic E-state index is 0.103. The van der Waals surface area contributed by atoms with Gasteiger partial charge in [0.15, 0.2) is 0 Å². The van der Waals surface area contributed by atoms with Gasteiger partial charge in [0.2, 0.25) is 0 Å². The van der Waals surface area contributed by atoms with Crippen LogP contribution in [0.5, 0.6) is 0 Å². The number of hydrogen-bond acceptors (Lipinski definition) is 1. The van der Waals surface area contributed by atoms with Gasteiger partial charge in [-0.15, -0.1) is 0 Å². The Labute approximate surface area is 133 Å². The minimum atomic E-state index is -0.186. The Hall–Kier alpha value is -0.940. The molecule has 3 heteroatoms. The van der Waals surface area contributed by atoms with E-state index < -0.39 is 0 Å². The molecular formula is C17H19FIN. The average molecular weight is 383 g/mol. The second-order valence-corrected chi connectivity index (χ2v) is 6.24. The Morgan fingerprint density at radius 3 is 2.30 bits per heavy atom. The molecule has 0 aliphatic heterocycles. The maximum Gasteiger partial charge on any atom is 0.124 e. The van der Waals surface area contributed by atoms with Gasteiger partial charge in [0, 0.05) is 3.57 Å². The summed E-state index contributed by atoms with van der Waals surface area (Å²) < 4.78 is 14.3. The summed E-state index contributed by atoms with van der Waals surface area (Å²) in [5.41, 5.74) is 4.85. The van der Waals surface area contributed by atoms with Crippen LogP contribution in [-0.4, -0.2) is 6.54 Å². The van der Waals surface area contributed by atoms with Crippen molar-refractivity contribution in [3.05, 3.63) is 68.0 Å². The first-order valence-electron chi connectivity index (χ1n) is 6.77. The molecule has 0 aliphatic carbocycles. The fourth-order valence-corrected chi connectivity index (χ4v) is 3.31. The first-order chi connectivity index (χ1) is 9.51. The molecule has 0 radical (unpaired) electrons. The predicted octanol–water partition coefficient (Wildman–Crippen LogP) is 4.75. The minimum Gasteiger partial charge on any atom is -0.306 e. The normalized spacial score (nSPS) is 12.4. The van der Waals surface area contributed by atoms with Crippen LogP contribution >= 0.6 is 22.6 Å². The molecular weight excluding hydrogens is 364 g/mol. The Morgan fingerprint density at radius 1 is 1.10 bits per heavy atom. The van der Waals surface area contributed by atoms with E-state index in [1.165, 1.54) is 22.8 Å². The molecule has 1 unspecified atom stereocenters. The molecule has 1 atom stereocenters. The molecule has 0 spiro atoms. The Kier molecular flexibility index (Phi) is 5.16. The van der Waals surface area contributed by atoms with Crippen molar-refractivity contribution in [3.8, 4) is 0 Å². The van der Waals surface area contributed by atoms with E-state index in [9.17, 15) is 4.39 Å². The van der Waals surface area contributed by atoms with Gasteiger partial charge in [-0.2, -0.15) is 0 Å². The highest BCUT2D eigenvalue weighted by Gasteiger charge is 2.16. The number of rotatable bonds is 4. The third-order valence-electron chi connectivity index (χ3n) is 3.26. The van der Waals surface area contributed by atoms with Gasteiger partial charge in [0.05, 0.1) is 6.04 Å². The van der Waals surface area contributed by atoms with E-state index in [4.69, 9.17) is 0 Å². The molecule has 0 amide bonds. The predicted molar refractivity (Wildman–Crippen MR) is 90.6 cm³/mol. The van der Waals surface area contributed by atoms with Crippen molar-refractivity contribution in [3.63, 3.8) is 0 Å². The largest absolute Gasteiger partial charge is 0.306 e. The van der Waals surface area contributed by atoms with Gasteiger partial charge >= 0.3 is 0 Å². The Bertz CT molecular complexity index is 590. The number of aryl methyl sites for hydroxylation is 2. The number of hydrogen-bond donors (Lipinski definition) is 1. The Balaban J connectivity index is 2.49. The van der Waals surface area contributed by atoms with E-state index in [0.29, 0.717) is 0 Å². The van der Waals surface area contributed by atoms with Crippen LogP contribution in [0.3, 0.4) is 0 Å². The van der Waals surface area contributed by atoms with Crippen LogP contribution in [-0.2, 0) is 0 Å². The third-order valence-corrected chi connectivity index (χ3v) is 4.19. The lowest BCUT2D eigenvalue weighted by molar-refractivity contribution is 0.610. The number of halogens is 2. The highest BCUT2D eigenvalue weighted by molar-refractivity contribution is 14.1. The van der Waals surface area contributed by atoms with E-state index in [-0.39, 0.29) is 11.9 Å². The van der Waals surface area contributed by atoms with Crippen LogP contribution < -0.4 is 5.32 Å². The second-order valence-electron chi connectivity index (χ2n) is 5.08. The quantitative estimate of drug-likeness (QED) is 0.752. The van der Waals surface area contributed by atoms with Crippen molar-refractivity contribution < 1.29 is 4.39 Å². The van der Waals surface area contributed by atoms with Crippen molar-refractivity contribution in [2.24, 2.45) is 0 Å². The van der Waals surface area contributed by atoms with E-state index in [2.05, 4.69) is 66.9 Å². The van der Waals surface area contributed by atoms with Crippen molar-refractivity contribution in [2.75, 3.05) is 6.54 Å². The van der Waals surface area contributed by atoms with E-state index >= 15 is 0 Å². The summed E-state index contributed by atoms with van der Waals surface area (Å²) in [5.74, 6) is -0.186. The lowest BCUT2D eigenvalue weighted by atomic mass is 9.95. The van der Waals surface area contributed by atoms with Crippen LogP contribution in [0.25, 0.3) is 0 Å². The molecule has 2 rings (SSSR count). The number of benzene rings is 2. The zero-order valence-electron chi connectivity index (χ0n) is 12.0. The van der Waals surface area contributed by atoms with Gasteiger partial charge in [-0.05, 0) is 66.2 Å². The summed E-state index contributed by atoms with van der Waals surface area (Å²) in [4.78, 5) is 0. The van der Waals surface area contributed by atoms with E-state index in [0.717, 1.165) is 15.7 Å². The number of nitrogens with one attached hydrogen (secondary N) is 1. The lowest BCUT2D eigenvalue weighted by Gasteiger charge is -2.21. The van der Waals surface area contributed by atoms with Gasteiger partial charge in [-0.25, -0.2) is 4.39 Å². The van der Waals surface area contributed by atoms with Crippen molar-refractivity contribution in [2.45, 2.75) is 26.8 Å². The van der Waals surface area contributed by atoms with Gasteiger partial charge in [-0.1, -0.05) is 42.3 Å². The van der Waals surface area contributed by atoms with Crippen LogP contribution in [0.15, 0.2) is 36.4 Å². The summed E-state index contributed by atoms with van der Waals surface area (Å²) in [6.07, 6.45) is 0. The van der Waals surface area contributed by atoms with Crippen molar-refractivity contribution in [1.29, 1.82) is 0 Å². The molecule has 0 saturated heterocycles. The average Bonchev–Trinajstić information content (AvgIpc) is 2.35. The highest BCUT2D eigenvalue weighted by Crippen LogP contribution is 2.28. The lowest BCUT2D eigenvalue weighted by Crippen LogP contribution is -2.23. The molecule has 2 aromatic carbocycles. The maximum atomic E-state index is 13.3. The van der Waals surface area contributed by atoms with Gasteiger partial charge in [0.25, 0.3) is 0 Å². The smallest absolute Gasteiger partial charge is 0.124 e. The van der Waals surface area contributed by atoms with Crippen LogP contribution in [0.2, 0.25) is 0 Å². The van der Waals surface area contributed by atoms with Crippen molar-refractivity contribution >= 4 is 22.6 Å². The summed E-state index contributed by atoms with van der Waals surface area (Å²) in [6, 6.07) is 11.7. The van der Waals surface area contributed by atoms with Gasteiger partial charge in [-0.3, -0.25) is 0 Å². The molecule has 2 aromatic rings. The first kappa shape index (κ1) is 15.4. The molecule has 1 nitrogen and oxygen atoms in total. The van der Waals surface area contributed by atoms with Crippen LogP contribution in [0, 0.1) is 23.2 Å². The van der Waals surface area contributed by atoms with Gasteiger partial charge < -0.3 is 5.32 Å². The second kappa shape index (κ2) is 6.68. The topological polar surface area (TPSA) is 12.0 Å². The molecule has 1 N–H and O–H groups in total. The standard InChI is InChI=1S/C17H19FIN/c1-4-20-17(13-8-11(2)7-12(3)9-13)15-6-5-14(18)10-16(15)19/h5-10,17,20H,4H2,1-3H3.